The molecule has 1 saturated heterocycles. The van der Waals surface area contributed by atoms with Crippen molar-refractivity contribution in [1.82, 2.24) is 15.1 Å². The molecule has 7 heteroatoms. The molecule has 132 valence electrons. The minimum Gasteiger partial charge on any atom is -0.338 e. The Bertz CT molecular complexity index is 802. The molecule has 2 aromatic rings. The molecule has 0 unspecified atom stereocenters. The first kappa shape index (κ1) is 17.5. The third kappa shape index (κ3) is 3.85. The number of hydrogen-bond acceptors (Lipinski definition) is 3. The fraction of sp³-hybridized carbons (Fsp3) is 0.389. The number of halogens is 1. The van der Waals surface area contributed by atoms with Crippen molar-refractivity contribution in [1.29, 1.82) is 0 Å². The number of aryl methyl sites for hydroxylation is 1. The van der Waals surface area contributed by atoms with Gasteiger partial charge >= 0.3 is 0 Å². The predicted molar refractivity (Wildman–Crippen MR) is 97.0 cm³/mol. The van der Waals surface area contributed by atoms with Crippen LogP contribution in [0.15, 0.2) is 24.4 Å². The van der Waals surface area contributed by atoms with E-state index in [1.165, 1.54) is 6.92 Å². The molecular formula is C18H21ClN4O2. The largest absolute Gasteiger partial charge is 0.338 e. The molecule has 0 saturated carbocycles. The van der Waals surface area contributed by atoms with Gasteiger partial charge in [-0.05, 0) is 37.5 Å². The van der Waals surface area contributed by atoms with Gasteiger partial charge in [0.25, 0.3) is 5.91 Å². The molecule has 2 amide bonds. The number of piperidine rings is 1. The molecule has 1 aliphatic heterocycles. The fourth-order valence-electron chi connectivity index (χ4n) is 3.20. The van der Waals surface area contributed by atoms with Crippen LogP contribution in [0.3, 0.4) is 0 Å². The van der Waals surface area contributed by atoms with Crippen molar-refractivity contribution in [2.24, 2.45) is 0 Å². The number of nitrogens with one attached hydrogen (secondary N) is 2. The normalized spacial score (nSPS) is 17.4. The van der Waals surface area contributed by atoms with E-state index >= 15 is 0 Å². The third-order valence-corrected chi connectivity index (χ3v) is 4.92. The highest BCUT2D eigenvalue weighted by Gasteiger charge is 2.28. The zero-order valence-corrected chi connectivity index (χ0v) is 15.1. The number of aromatic amines is 1. The van der Waals surface area contributed by atoms with Crippen LogP contribution in [0, 0.1) is 6.92 Å². The van der Waals surface area contributed by atoms with Gasteiger partial charge in [-0.1, -0.05) is 17.7 Å². The average molecular weight is 361 g/mol. The van der Waals surface area contributed by atoms with Crippen LogP contribution in [0.2, 0.25) is 5.02 Å². The maximum Gasteiger partial charge on any atom is 0.253 e. The van der Waals surface area contributed by atoms with Crippen LogP contribution < -0.4 is 5.32 Å². The monoisotopic (exact) mass is 360 g/mol. The Morgan fingerprint density at radius 2 is 2.20 bits per heavy atom. The maximum absolute atomic E-state index is 12.8. The maximum atomic E-state index is 12.8. The van der Waals surface area contributed by atoms with E-state index in [0.29, 0.717) is 29.4 Å². The van der Waals surface area contributed by atoms with Gasteiger partial charge in [0.15, 0.2) is 0 Å². The molecule has 1 aliphatic rings. The predicted octanol–water partition coefficient (Wildman–Crippen LogP) is 3.35. The molecule has 6 nitrogen and oxygen atoms in total. The number of hydrogen-bond donors (Lipinski definition) is 2. The van der Waals surface area contributed by atoms with E-state index in [-0.39, 0.29) is 17.7 Å². The number of nitrogens with zero attached hydrogens (tertiary/aromatic N) is 2. The van der Waals surface area contributed by atoms with Crippen LogP contribution in [0.25, 0.3) is 0 Å². The summed E-state index contributed by atoms with van der Waals surface area (Å²) in [6.45, 7) is 4.67. The molecule has 1 fully saturated rings. The number of anilines is 1. The standard InChI is InChI=1S/C18H21ClN4O2/c1-11-5-6-13(8-15(11)19)18(25)23-7-3-4-14(10-23)17-16(9-20-22-17)21-12(2)24/h5-6,8-9,14H,3-4,7,10H2,1-2H3,(H,20,22)(H,21,24)/t14-/m1/s1. The zero-order valence-electron chi connectivity index (χ0n) is 14.3. The number of carbonyl (C=O) groups excluding carboxylic acids is 2. The van der Waals surface area contributed by atoms with E-state index in [0.717, 1.165) is 24.1 Å². The number of benzene rings is 1. The summed E-state index contributed by atoms with van der Waals surface area (Å²) in [4.78, 5) is 26.0. The van der Waals surface area contributed by atoms with Crippen molar-refractivity contribution in [3.05, 3.63) is 46.2 Å². The number of carbonyl (C=O) groups is 2. The van der Waals surface area contributed by atoms with Crippen LogP contribution in [0.1, 0.15) is 47.3 Å². The minimum atomic E-state index is -0.138. The fourth-order valence-corrected chi connectivity index (χ4v) is 3.38. The second-order valence-electron chi connectivity index (χ2n) is 6.43. The molecule has 1 atom stereocenters. The first-order valence-corrected chi connectivity index (χ1v) is 8.69. The second kappa shape index (κ2) is 7.27. The van der Waals surface area contributed by atoms with Gasteiger partial charge in [0.05, 0.1) is 17.6 Å². The van der Waals surface area contributed by atoms with E-state index in [1.54, 1.807) is 12.3 Å². The van der Waals surface area contributed by atoms with E-state index in [9.17, 15) is 9.59 Å². The second-order valence-corrected chi connectivity index (χ2v) is 6.84. The van der Waals surface area contributed by atoms with E-state index in [2.05, 4.69) is 15.5 Å². The van der Waals surface area contributed by atoms with Gasteiger partial charge in [-0.25, -0.2) is 0 Å². The number of H-pyrrole nitrogens is 1. The lowest BCUT2D eigenvalue weighted by Crippen LogP contribution is -2.39. The van der Waals surface area contributed by atoms with Gasteiger partial charge in [-0.3, -0.25) is 14.7 Å². The first-order chi connectivity index (χ1) is 12.0. The van der Waals surface area contributed by atoms with Crippen LogP contribution >= 0.6 is 11.6 Å². The van der Waals surface area contributed by atoms with E-state index in [1.807, 2.05) is 24.0 Å². The van der Waals surface area contributed by atoms with Gasteiger partial charge in [-0.2, -0.15) is 5.10 Å². The summed E-state index contributed by atoms with van der Waals surface area (Å²) in [7, 11) is 0. The van der Waals surface area contributed by atoms with Crippen LogP contribution in [-0.4, -0.2) is 40.0 Å². The molecule has 3 rings (SSSR count). The molecule has 0 aliphatic carbocycles. The number of rotatable bonds is 3. The summed E-state index contributed by atoms with van der Waals surface area (Å²) in [6.07, 6.45) is 3.44. The lowest BCUT2D eigenvalue weighted by molar-refractivity contribution is -0.114. The summed E-state index contributed by atoms with van der Waals surface area (Å²) in [5.41, 5.74) is 3.11. The lowest BCUT2D eigenvalue weighted by Gasteiger charge is -2.32. The SMILES string of the molecule is CC(=O)Nc1cn[nH]c1[C@@H]1CCCN(C(=O)c2ccc(C)c(Cl)c2)C1. The summed E-state index contributed by atoms with van der Waals surface area (Å²) < 4.78 is 0. The van der Waals surface area contributed by atoms with Crippen molar-refractivity contribution >= 4 is 29.1 Å². The molecule has 1 aromatic carbocycles. The molecule has 2 N–H and O–H groups in total. The summed E-state index contributed by atoms with van der Waals surface area (Å²) in [5.74, 6) is -0.0455. The van der Waals surface area contributed by atoms with E-state index < -0.39 is 0 Å². The van der Waals surface area contributed by atoms with Crippen molar-refractivity contribution in [3.8, 4) is 0 Å². The van der Waals surface area contributed by atoms with Crippen LogP contribution in [0.4, 0.5) is 5.69 Å². The topological polar surface area (TPSA) is 78.1 Å². The molecule has 25 heavy (non-hydrogen) atoms. The van der Waals surface area contributed by atoms with Crippen molar-refractivity contribution in [2.45, 2.75) is 32.6 Å². The van der Waals surface area contributed by atoms with Gasteiger partial charge in [-0.15, -0.1) is 0 Å². The molecular weight excluding hydrogens is 340 g/mol. The molecule has 0 spiro atoms. The summed E-state index contributed by atoms with van der Waals surface area (Å²) in [6, 6.07) is 5.40. The highest BCUT2D eigenvalue weighted by atomic mass is 35.5. The quantitative estimate of drug-likeness (QED) is 0.881. The summed E-state index contributed by atoms with van der Waals surface area (Å²) in [5, 5.41) is 10.4. The van der Waals surface area contributed by atoms with Crippen molar-refractivity contribution in [2.75, 3.05) is 18.4 Å². The highest BCUT2D eigenvalue weighted by molar-refractivity contribution is 6.31. The Kier molecular flexibility index (Phi) is 5.08. The minimum absolute atomic E-state index is 0.0211. The molecule has 1 aromatic heterocycles. The zero-order chi connectivity index (χ0) is 18.0. The van der Waals surface area contributed by atoms with Gasteiger partial charge in [0, 0.05) is 36.5 Å². The first-order valence-electron chi connectivity index (χ1n) is 8.32. The highest BCUT2D eigenvalue weighted by Crippen LogP contribution is 2.31. The molecule has 2 heterocycles. The van der Waals surface area contributed by atoms with Gasteiger partial charge in [0.1, 0.15) is 0 Å². The van der Waals surface area contributed by atoms with Gasteiger partial charge < -0.3 is 10.2 Å². The molecule has 0 radical (unpaired) electrons. The number of likely N-dealkylation sites (tertiary alicyclic amines) is 1. The average Bonchev–Trinajstić information content (AvgIpc) is 3.04. The summed E-state index contributed by atoms with van der Waals surface area (Å²) >= 11 is 6.15. The van der Waals surface area contributed by atoms with Gasteiger partial charge in [0.2, 0.25) is 5.91 Å². The third-order valence-electron chi connectivity index (χ3n) is 4.52. The van der Waals surface area contributed by atoms with Crippen LogP contribution in [0.5, 0.6) is 0 Å². The smallest absolute Gasteiger partial charge is 0.253 e. The Morgan fingerprint density at radius 3 is 2.92 bits per heavy atom. The molecule has 0 bridgehead atoms. The Hall–Kier alpha value is -2.34. The number of aromatic nitrogens is 2. The van der Waals surface area contributed by atoms with Crippen molar-refractivity contribution in [3.63, 3.8) is 0 Å². The number of amides is 2. The van der Waals surface area contributed by atoms with Crippen molar-refractivity contribution < 1.29 is 9.59 Å². The Morgan fingerprint density at radius 1 is 1.40 bits per heavy atom. The van der Waals surface area contributed by atoms with E-state index in [4.69, 9.17) is 11.6 Å². The lowest BCUT2D eigenvalue weighted by atomic mass is 9.93. The Balaban J connectivity index is 1.77. The van der Waals surface area contributed by atoms with Crippen LogP contribution in [-0.2, 0) is 4.79 Å². The Labute approximate surface area is 151 Å².